The number of nitrogens with two attached hydrogens (primary N) is 1. The lowest BCUT2D eigenvalue weighted by Gasteiger charge is -2.26. The highest BCUT2D eigenvalue weighted by Gasteiger charge is 2.40. The van der Waals surface area contributed by atoms with Crippen LogP contribution in [0.4, 0.5) is 5.69 Å². The second-order valence-electron chi connectivity index (χ2n) is 5.15. The van der Waals surface area contributed by atoms with Gasteiger partial charge in [0.2, 0.25) is 5.91 Å². The largest absolute Gasteiger partial charge is 0.478 e. The first kappa shape index (κ1) is 14.8. The molecule has 0 atom stereocenters. The highest BCUT2D eigenvalue weighted by atomic mass is 35.5. The molecule has 2 rings (SSSR count). The highest BCUT2D eigenvalue weighted by molar-refractivity contribution is 6.34. The SMILES string of the molecule is NCC1(C(=O)Nc2cc(C(=O)O)ccc2Cl)CCCC1. The normalized spacial score (nSPS) is 16.9. The van der Waals surface area contributed by atoms with Gasteiger partial charge in [-0.05, 0) is 31.0 Å². The average molecular weight is 297 g/mol. The highest BCUT2D eigenvalue weighted by Crippen LogP contribution is 2.38. The summed E-state index contributed by atoms with van der Waals surface area (Å²) in [4.78, 5) is 23.4. The fourth-order valence-corrected chi connectivity index (χ4v) is 2.75. The van der Waals surface area contributed by atoms with Gasteiger partial charge in [0.05, 0.1) is 21.7 Å². The Kier molecular flexibility index (Phi) is 4.30. The molecule has 0 unspecified atom stereocenters. The van der Waals surface area contributed by atoms with Crippen molar-refractivity contribution in [2.24, 2.45) is 11.1 Å². The van der Waals surface area contributed by atoms with Crippen molar-refractivity contribution in [3.8, 4) is 0 Å². The first-order chi connectivity index (χ1) is 9.48. The molecule has 0 aliphatic heterocycles. The maximum Gasteiger partial charge on any atom is 0.335 e. The Morgan fingerprint density at radius 1 is 1.35 bits per heavy atom. The van der Waals surface area contributed by atoms with Crippen LogP contribution < -0.4 is 11.1 Å². The average Bonchev–Trinajstić information content (AvgIpc) is 2.91. The van der Waals surface area contributed by atoms with Gasteiger partial charge in [0.1, 0.15) is 0 Å². The molecule has 1 aliphatic rings. The van der Waals surface area contributed by atoms with Gasteiger partial charge in [-0.15, -0.1) is 0 Å². The van der Waals surface area contributed by atoms with Gasteiger partial charge in [-0.2, -0.15) is 0 Å². The zero-order chi connectivity index (χ0) is 14.8. The van der Waals surface area contributed by atoms with E-state index >= 15 is 0 Å². The number of hydrogen-bond donors (Lipinski definition) is 3. The lowest BCUT2D eigenvalue weighted by molar-refractivity contribution is -0.124. The molecular formula is C14H17ClN2O3. The summed E-state index contributed by atoms with van der Waals surface area (Å²) in [6.45, 7) is 0.287. The Labute approximate surface area is 122 Å². The van der Waals surface area contributed by atoms with Gasteiger partial charge in [0.25, 0.3) is 0 Å². The predicted octanol–water partition coefficient (Wildman–Crippen LogP) is 2.50. The number of halogens is 1. The topological polar surface area (TPSA) is 92.4 Å². The summed E-state index contributed by atoms with van der Waals surface area (Å²) in [5.41, 5.74) is 5.60. The number of benzene rings is 1. The number of carboxylic acids is 1. The Balaban J connectivity index is 2.23. The molecule has 0 spiro atoms. The third kappa shape index (κ3) is 2.78. The van der Waals surface area contributed by atoms with Crippen molar-refractivity contribution in [3.63, 3.8) is 0 Å². The van der Waals surface area contributed by atoms with Gasteiger partial charge in [0, 0.05) is 6.54 Å². The van der Waals surface area contributed by atoms with Crippen molar-refractivity contribution in [1.29, 1.82) is 0 Å². The fourth-order valence-electron chi connectivity index (χ4n) is 2.58. The van der Waals surface area contributed by atoms with Crippen molar-refractivity contribution >= 4 is 29.2 Å². The van der Waals surface area contributed by atoms with Crippen LogP contribution in [0.5, 0.6) is 0 Å². The molecule has 1 fully saturated rings. The molecule has 20 heavy (non-hydrogen) atoms. The van der Waals surface area contributed by atoms with Crippen molar-refractivity contribution < 1.29 is 14.7 Å². The number of carbonyl (C=O) groups excluding carboxylic acids is 1. The van der Waals surface area contributed by atoms with Crippen LogP contribution in [-0.4, -0.2) is 23.5 Å². The van der Waals surface area contributed by atoms with Gasteiger partial charge in [-0.3, -0.25) is 4.79 Å². The van der Waals surface area contributed by atoms with Crippen LogP contribution in [0.3, 0.4) is 0 Å². The molecule has 1 saturated carbocycles. The monoisotopic (exact) mass is 296 g/mol. The summed E-state index contributed by atoms with van der Waals surface area (Å²) < 4.78 is 0. The number of amides is 1. The van der Waals surface area contributed by atoms with Crippen molar-refractivity contribution in [1.82, 2.24) is 0 Å². The second-order valence-corrected chi connectivity index (χ2v) is 5.55. The minimum atomic E-state index is -1.06. The molecule has 4 N–H and O–H groups in total. The van der Waals surface area contributed by atoms with E-state index in [4.69, 9.17) is 22.4 Å². The molecule has 5 nitrogen and oxygen atoms in total. The second kappa shape index (κ2) is 5.81. The standard InChI is InChI=1S/C14H17ClN2O3/c15-10-4-3-9(12(18)19)7-11(10)17-13(20)14(8-16)5-1-2-6-14/h3-4,7H,1-2,5-6,8,16H2,(H,17,20)(H,18,19). The van der Waals surface area contributed by atoms with Crippen molar-refractivity contribution in [2.75, 3.05) is 11.9 Å². The Hall–Kier alpha value is -1.59. The molecule has 108 valence electrons. The van der Waals surface area contributed by atoms with E-state index in [1.807, 2.05) is 0 Å². The van der Waals surface area contributed by atoms with Crippen molar-refractivity contribution in [3.05, 3.63) is 28.8 Å². The maximum absolute atomic E-state index is 12.4. The number of nitrogens with one attached hydrogen (secondary N) is 1. The minimum absolute atomic E-state index is 0.0814. The Morgan fingerprint density at radius 2 is 2.00 bits per heavy atom. The summed E-state index contributed by atoms with van der Waals surface area (Å²) in [6, 6.07) is 4.22. The van der Waals surface area contributed by atoms with E-state index in [0.717, 1.165) is 25.7 Å². The molecule has 0 heterocycles. The number of rotatable bonds is 4. The van der Waals surface area contributed by atoms with Crippen LogP contribution in [0.1, 0.15) is 36.0 Å². The van der Waals surface area contributed by atoms with Crippen molar-refractivity contribution in [2.45, 2.75) is 25.7 Å². The summed E-state index contributed by atoms with van der Waals surface area (Å²) in [7, 11) is 0. The zero-order valence-corrected chi connectivity index (χ0v) is 11.7. The summed E-state index contributed by atoms with van der Waals surface area (Å²) in [5.74, 6) is -1.24. The van der Waals surface area contributed by atoms with E-state index in [-0.39, 0.29) is 18.0 Å². The van der Waals surface area contributed by atoms with Crippen LogP contribution in [0.2, 0.25) is 5.02 Å². The maximum atomic E-state index is 12.4. The molecule has 1 aromatic rings. The van der Waals surface area contributed by atoms with Crippen LogP contribution in [0.15, 0.2) is 18.2 Å². The van der Waals surface area contributed by atoms with Gasteiger partial charge in [-0.25, -0.2) is 4.79 Å². The summed E-state index contributed by atoms with van der Waals surface area (Å²) >= 11 is 6.00. The number of carboxylic acid groups (broad SMARTS) is 1. The quantitative estimate of drug-likeness (QED) is 0.796. The first-order valence-corrected chi connectivity index (χ1v) is 6.91. The molecular weight excluding hydrogens is 280 g/mol. The predicted molar refractivity (Wildman–Crippen MR) is 77.0 cm³/mol. The van der Waals surface area contributed by atoms with Crippen LogP contribution >= 0.6 is 11.6 Å². The summed E-state index contributed by atoms with van der Waals surface area (Å²) in [6.07, 6.45) is 3.47. The molecule has 0 saturated heterocycles. The number of aromatic carboxylic acids is 1. The van der Waals surface area contributed by atoms with E-state index in [1.165, 1.54) is 18.2 Å². The third-order valence-corrected chi connectivity index (χ3v) is 4.22. The van der Waals surface area contributed by atoms with Crippen LogP contribution in [-0.2, 0) is 4.79 Å². The fraction of sp³-hybridized carbons (Fsp3) is 0.429. The molecule has 1 aliphatic carbocycles. The molecule has 6 heteroatoms. The van der Waals surface area contributed by atoms with Gasteiger partial charge < -0.3 is 16.2 Å². The van der Waals surface area contributed by atoms with Gasteiger partial charge in [-0.1, -0.05) is 24.4 Å². The van der Waals surface area contributed by atoms with Gasteiger partial charge >= 0.3 is 5.97 Å². The molecule has 1 amide bonds. The molecule has 0 aromatic heterocycles. The molecule has 0 radical (unpaired) electrons. The van der Waals surface area contributed by atoms with E-state index in [1.54, 1.807) is 0 Å². The zero-order valence-electron chi connectivity index (χ0n) is 11.0. The van der Waals surface area contributed by atoms with E-state index in [2.05, 4.69) is 5.32 Å². The molecule has 0 bridgehead atoms. The summed E-state index contributed by atoms with van der Waals surface area (Å²) in [5, 5.41) is 12.0. The lowest BCUT2D eigenvalue weighted by Crippen LogP contribution is -2.40. The van der Waals surface area contributed by atoms with E-state index in [0.29, 0.717) is 10.7 Å². The van der Waals surface area contributed by atoms with Crippen LogP contribution in [0.25, 0.3) is 0 Å². The Morgan fingerprint density at radius 3 is 2.55 bits per heavy atom. The smallest absolute Gasteiger partial charge is 0.335 e. The molecule has 1 aromatic carbocycles. The number of anilines is 1. The van der Waals surface area contributed by atoms with E-state index < -0.39 is 11.4 Å². The minimum Gasteiger partial charge on any atom is -0.478 e. The number of hydrogen-bond acceptors (Lipinski definition) is 3. The number of carbonyl (C=O) groups is 2. The van der Waals surface area contributed by atoms with E-state index in [9.17, 15) is 9.59 Å². The van der Waals surface area contributed by atoms with Gasteiger partial charge in [0.15, 0.2) is 0 Å². The van der Waals surface area contributed by atoms with Crippen LogP contribution in [0, 0.1) is 5.41 Å². The third-order valence-electron chi connectivity index (χ3n) is 3.89. The Bertz CT molecular complexity index is 539. The lowest BCUT2D eigenvalue weighted by atomic mass is 9.85. The first-order valence-electron chi connectivity index (χ1n) is 6.53.